The van der Waals surface area contributed by atoms with Gasteiger partial charge >= 0.3 is 5.97 Å². The van der Waals surface area contributed by atoms with Crippen molar-refractivity contribution < 1.29 is 19.0 Å². The number of hydrogen-bond acceptors (Lipinski definition) is 4. The van der Waals surface area contributed by atoms with Crippen LogP contribution in [-0.4, -0.2) is 25.5 Å². The highest BCUT2D eigenvalue weighted by Crippen LogP contribution is 2.39. The van der Waals surface area contributed by atoms with E-state index in [0.29, 0.717) is 25.4 Å². The highest BCUT2D eigenvalue weighted by atomic mass is 16.7. The van der Waals surface area contributed by atoms with Crippen molar-refractivity contribution in [3.05, 3.63) is 30.3 Å². The average molecular weight is 344 g/mol. The average Bonchev–Trinajstić information content (AvgIpc) is 2.62. The molecule has 1 aliphatic carbocycles. The van der Waals surface area contributed by atoms with E-state index in [1.54, 1.807) is 12.1 Å². The summed E-state index contributed by atoms with van der Waals surface area (Å²) in [5.74, 6) is 5.65. The SMILES string of the molecule is CCOC(C)OCC1(CC#CC(=O)Oc2ccccc2)CCCCC1. The maximum atomic E-state index is 11.9. The molecule has 1 aromatic rings. The molecule has 0 N–H and O–H groups in total. The van der Waals surface area contributed by atoms with Crippen molar-refractivity contribution in [3.8, 4) is 17.6 Å². The molecule has 4 nitrogen and oxygen atoms in total. The van der Waals surface area contributed by atoms with Crippen LogP contribution in [0.3, 0.4) is 0 Å². The van der Waals surface area contributed by atoms with Gasteiger partial charge in [-0.05, 0) is 38.8 Å². The first-order valence-corrected chi connectivity index (χ1v) is 9.12. The Bertz CT molecular complexity index is 579. The Labute approximate surface area is 150 Å². The Balaban J connectivity index is 1.90. The fourth-order valence-electron chi connectivity index (χ4n) is 3.18. The highest BCUT2D eigenvalue weighted by Gasteiger charge is 2.32. The number of para-hydroxylation sites is 1. The maximum Gasteiger partial charge on any atom is 0.389 e. The van der Waals surface area contributed by atoms with Gasteiger partial charge in [-0.2, -0.15) is 0 Å². The quantitative estimate of drug-likeness (QED) is 0.243. The van der Waals surface area contributed by atoms with Crippen molar-refractivity contribution in [1.82, 2.24) is 0 Å². The summed E-state index contributed by atoms with van der Waals surface area (Å²) in [6.45, 7) is 5.14. The number of ether oxygens (including phenoxy) is 3. The molecule has 1 fully saturated rings. The molecule has 0 aromatic heterocycles. The summed E-state index contributed by atoms with van der Waals surface area (Å²) < 4.78 is 16.5. The maximum absolute atomic E-state index is 11.9. The molecule has 1 unspecified atom stereocenters. The lowest BCUT2D eigenvalue weighted by Crippen LogP contribution is -2.31. The van der Waals surface area contributed by atoms with Crippen molar-refractivity contribution >= 4 is 5.97 Å². The molecule has 4 heteroatoms. The van der Waals surface area contributed by atoms with E-state index in [4.69, 9.17) is 14.2 Å². The lowest BCUT2D eigenvalue weighted by Gasteiger charge is -2.36. The highest BCUT2D eigenvalue weighted by molar-refractivity contribution is 5.90. The summed E-state index contributed by atoms with van der Waals surface area (Å²) in [6, 6.07) is 9.00. The van der Waals surface area contributed by atoms with Crippen LogP contribution < -0.4 is 4.74 Å². The minimum absolute atomic E-state index is 0.0175. The van der Waals surface area contributed by atoms with E-state index in [9.17, 15) is 4.79 Å². The number of rotatable bonds is 7. The van der Waals surface area contributed by atoms with Crippen LogP contribution in [0.2, 0.25) is 0 Å². The van der Waals surface area contributed by atoms with Gasteiger partial charge in [-0.1, -0.05) is 43.4 Å². The van der Waals surface area contributed by atoms with Crippen LogP contribution in [0.5, 0.6) is 5.75 Å². The molecule has 1 atom stereocenters. The topological polar surface area (TPSA) is 44.8 Å². The van der Waals surface area contributed by atoms with Gasteiger partial charge in [0, 0.05) is 24.4 Å². The Hall–Kier alpha value is -1.83. The van der Waals surface area contributed by atoms with Gasteiger partial charge in [-0.3, -0.25) is 0 Å². The summed E-state index contributed by atoms with van der Waals surface area (Å²) >= 11 is 0. The zero-order chi connectivity index (χ0) is 18.0. The Kier molecular flexibility index (Phi) is 7.97. The van der Waals surface area contributed by atoms with E-state index >= 15 is 0 Å². The lowest BCUT2D eigenvalue weighted by atomic mass is 9.72. The number of carbonyl (C=O) groups excluding carboxylic acids is 1. The fraction of sp³-hybridized carbons (Fsp3) is 0.571. The minimum atomic E-state index is -0.513. The minimum Gasteiger partial charge on any atom is -0.417 e. The van der Waals surface area contributed by atoms with Crippen molar-refractivity contribution in [2.45, 2.75) is 58.7 Å². The van der Waals surface area contributed by atoms with Crippen molar-refractivity contribution in [2.24, 2.45) is 5.41 Å². The third-order valence-corrected chi connectivity index (χ3v) is 4.55. The zero-order valence-electron chi connectivity index (χ0n) is 15.3. The standard InChI is InChI=1S/C21H28O4/c1-3-23-18(2)24-17-21(14-8-5-9-15-21)16-10-13-20(22)25-19-11-6-4-7-12-19/h4,6-7,11-12,18H,3,5,8-9,14-17H2,1-2H3. The molecule has 1 saturated carbocycles. The molecule has 2 rings (SSSR count). The summed E-state index contributed by atoms with van der Waals surface area (Å²) in [7, 11) is 0. The predicted molar refractivity (Wildman–Crippen MR) is 97.0 cm³/mol. The third kappa shape index (κ3) is 6.89. The van der Waals surface area contributed by atoms with E-state index in [0.717, 1.165) is 12.8 Å². The van der Waals surface area contributed by atoms with E-state index in [1.165, 1.54) is 19.3 Å². The first kappa shape index (κ1) is 19.5. The molecular formula is C21H28O4. The molecule has 0 spiro atoms. The first-order chi connectivity index (χ1) is 12.1. The summed E-state index contributed by atoms with van der Waals surface area (Å²) in [4.78, 5) is 11.9. The Morgan fingerprint density at radius 1 is 1.16 bits per heavy atom. The molecule has 0 aliphatic heterocycles. The van der Waals surface area contributed by atoms with Crippen molar-refractivity contribution in [1.29, 1.82) is 0 Å². The second-order valence-corrected chi connectivity index (χ2v) is 6.58. The smallest absolute Gasteiger partial charge is 0.389 e. The summed E-state index contributed by atoms with van der Waals surface area (Å²) in [6.07, 6.45) is 6.22. The number of benzene rings is 1. The van der Waals surface area contributed by atoms with E-state index in [2.05, 4.69) is 11.8 Å². The van der Waals surface area contributed by atoms with E-state index in [-0.39, 0.29) is 11.7 Å². The molecule has 0 bridgehead atoms. The van der Waals surface area contributed by atoms with Crippen molar-refractivity contribution in [2.75, 3.05) is 13.2 Å². The van der Waals surface area contributed by atoms with Crippen LogP contribution in [0.25, 0.3) is 0 Å². The van der Waals surface area contributed by atoms with Crippen LogP contribution in [0, 0.1) is 17.3 Å². The van der Waals surface area contributed by atoms with Crippen LogP contribution >= 0.6 is 0 Å². The zero-order valence-corrected chi connectivity index (χ0v) is 15.3. The molecule has 0 saturated heterocycles. The van der Waals surface area contributed by atoms with Gasteiger partial charge in [-0.15, -0.1) is 0 Å². The molecule has 0 amide bonds. The molecule has 1 aliphatic rings. The largest absolute Gasteiger partial charge is 0.417 e. The van der Waals surface area contributed by atoms with Crippen LogP contribution in [0.15, 0.2) is 30.3 Å². The predicted octanol–water partition coefficient (Wildman–Crippen LogP) is 4.34. The van der Waals surface area contributed by atoms with Gasteiger partial charge in [0.2, 0.25) is 0 Å². The number of esters is 1. The Morgan fingerprint density at radius 3 is 2.56 bits per heavy atom. The Morgan fingerprint density at radius 2 is 1.88 bits per heavy atom. The number of hydrogen-bond donors (Lipinski definition) is 0. The molecule has 136 valence electrons. The monoisotopic (exact) mass is 344 g/mol. The lowest BCUT2D eigenvalue weighted by molar-refractivity contribution is -0.151. The van der Waals surface area contributed by atoms with Gasteiger partial charge in [0.05, 0.1) is 6.61 Å². The fourth-order valence-corrected chi connectivity index (χ4v) is 3.18. The third-order valence-electron chi connectivity index (χ3n) is 4.55. The summed E-state index contributed by atoms with van der Waals surface area (Å²) in [5.41, 5.74) is 0.0175. The van der Waals surface area contributed by atoms with Gasteiger partial charge in [0.25, 0.3) is 0 Å². The molecule has 0 heterocycles. The normalized spacial score (nSPS) is 17.2. The van der Waals surface area contributed by atoms with Gasteiger partial charge in [0.15, 0.2) is 6.29 Å². The van der Waals surface area contributed by atoms with Crippen LogP contribution in [0.4, 0.5) is 0 Å². The molecule has 1 aromatic carbocycles. The van der Waals surface area contributed by atoms with E-state index < -0.39 is 5.97 Å². The molecule has 25 heavy (non-hydrogen) atoms. The van der Waals surface area contributed by atoms with Gasteiger partial charge in [-0.25, -0.2) is 4.79 Å². The second-order valence-electron chi connectivity index (χ2n) is 6.58. The van der Waals surface area contributed by atoms with Gasteiger partial charge < -0.3 is 14.2 Å². The van der Waals surface area contributed by atoms with Crippen LogP contribution in [-0.2, 0) is 14.3 Å². The van der Waals surface area contributed by atoms with Crippen molar-refractivity contribution in [3.63, 3.8) is 0 Å². The van der Waals surface area contributed by atoms with E-state index in [1.807, 2.05) is 32.0 Å². The first-order valence-electron chi connectivity index (χ1n) is 9.12. The molecule has 0 radical (unpaired) electrons. The van der Waals surface area contributed by atoms with Crippen LogP contribution in [0.1, 0.15) is 52.4 Å². The summed E-state index contributed by atoms with van der Waals surface area (Å²) in [5, 5.41) is 0. The van der Waals surface area contributed by atoms with Gasteiger partial charge in [0.1, 0.15) is 5.75 Å². The molecular weight excluding hydrogens is 316 g/mol. The second kappa shape index (κ2) is 10.2. The number of carbonyl (C=O) groups is 1.